The second kappa shape index (κ2) is 4.57. The molecule has 0 fully saturated rings. The molecular weight excluding hydrogens is 335 g/mol. The molecule has 3 rings (SSSR count). The number of aromatic nitrogens is 1. The number of fused-ring (bicyclic) bond motifs is 3. The van der Waals surface area contributed by atoms with Gasteiger partial charge in [-0.2, -0.15) is 0 Å². The van der Waals surface area contributed by atoms with Crippen molar-refractivity contribution >= 4 is 33.2 Å². The Morgan fingerprint density at radius 3 is 3.05 bits per heavy atom. The molecule has 19 heavy (non-hydrogen) atoms. The maximum atomic E-state index is 13.5. The molecule has 0 bridgehead atoms. The fourth-order valence-corrected chi connectivity index (χ4v) is 3.25. The van der Waals surface area contributed by atoms with Crippen molar-refractivity contribution in [2.75, 3.05) is 6.61 Å². The first kappa shape index (κ1) is 12.6. The number of primary amides is 1. The molecule has 1 aromatic carbocycles. The molecule has 0 aliphatic carbocycles. The number of nitrogens with two attached hydrogens (primary N) is 1. The number of rotatable bonds is 1. The molecule has 0 radical (unpaired) electrons. The van der Waals surface area contributed by atoms with Gasteiger partial charge in [0.05, 0.1) is 21.7 Å². The summed E-state index contributed by atoms with van der Waals surface area (Å²) in [6, 6.07) is 2.97. The predicted octanol–water partition coefficient (Wildman–Crippen LogP) is 2.75. The normalized spacial score (nSPS) is 13.2. The van der Waals surface area contributed by atoms with Gasteiger partial charge in [0.1, 0.15) is 11.6 Å². The van der Waals surface area contributed by atoms with E-state index in [1.54, 1.807) is 6.07 Å². The first-order valence-corrected chi connectivity index (χ1v) is 7.09. The van der Waals surface area contributed by atoms with Crippen molar-refractivity contribution in [1.29, 1.82) is 0 Å². The number of hydrogen-bond donors (Lipinski definition) is 1. The minimum absolute atomic E-state index is 0.262. The van der Waals surface area contributed by atoms with E-state index in [0.717, 1.165) is 16.1 Å². The smallest absolute Gasteiger partial charge is 0.277 e. The van der Waals surface area contributed by atoms with E-state index >= 15 is 0 Å². The highest BCUT2D eigenvalue weighted by atomic mass is 79.9. The third-order valence-electron chi connectivity index (χ3n) is 2.77. The van der Waals surface area contributed by atoms with Crippen molar-refractivity contribution in [3.63, 3.8) is 0 Å². The molecule has 0 saturated carbocycles. The van der Waals surface area contributed by atoms with Crippen LogP contribution in [-0.2, 0) is 6.42 Å². The van der Waals surface area contributed by atoms with Gasteiger partial charge >= 0.3 is 0 Å². The first-order chi connectivity index (χ1) is 9.06. The molecule has 0 atom stereocenters. The van der Waals surface area contributed by atoms with Gasteiger partial charge in [-0.1, -0.05) is 0 Å². The molecule has 1 aromatic heterocycles. The molecule has 0 saturated heterocycles. The fraction of sp³-hybridized carbons (Fsp3) is 0.167. The van der Waals surface area contributed by atoms with Crippen LogP contribution in [0.5, 0.6) is 5.75 Å². The molecule has 98 valence electrons. The average Bonchev–Trinajstić information content (AvgIpc) is 2.71. The van der Waals surface area contributed by atoms with Crippen LogP contribution in [0.1, 0.15) is 15.5 Å². The number of hydrogen-bond acceptors (Lipinski definition) is 4. The van der Waals surface area contributed by atoms with Crippen LogP contribution in [0.3, 0.4) is 0 Å². The molecule has 1 amide bonds. The molecule has 0 spiro atoms. The number of ether oxygens (including phenoxy) is 1. The van der Waals surface area contributed by atoms with Gasteiger partial charge in [-0.15, -0.1) is 11.3 Å². The lowest BCUT2D eigenvalue weighted by atomic mass is 10.1. The van der Waals surface area contributed by atoms with Crippen molar-refractivity contribution in [3.8, 4) is 16.2 Å². The van der Waals surface area contributed by atoms with Crippen LogP contribution in [0.4, 0.5) is 4.39 Å². The summed E-state index contributed by atoms with van der Waals surface area (Å²) in [6.45, 7) is 0.392. The standard InChI is InChI=1S/C12H8BrFN2O2S/c13-6-3-5-9(4-7(6)14)18-2-1-8-10(5)19-12(16-8)11(15)17/h3-4H,1-2H2,(H2,15,17). The van der Waals surface area contributed by atoms with Crippen LogP contribution >= 0.6 is 27.3 Å². The van der Waals surface area contributed by atoms with Crippen LogP contribution in [0.15, 0.2) is 16.6 Å². The molecular formula is C12H8BrFN2O2S. The van der Waals surface area contributed by atoms with Gasteiger partial charge in [0, 0.05) is 18.1 Å². The summed E-state index contributed by atoms with van der Waals surface area (Å²) >= 11 is 4.35. The third kappa shape index (κ3) is 2.12. The lowest BCUT2D eigenvalue weighted by molar-refractivity contribution is 0.0999. The number of amides is 1. The third-order valence-corrected chi connectivity index (χ3v) is 4.52. The zero-order valence-corrected chi connectivity index (χ0v) is 12.0. The summed E-state index contributed by atoms with van der Waals surface area (Å²) in [5.74, 6) is -0.484. The summed E-state index contributed by atoms with van der Waals surface area (Å²) in [5, 5.41) is 0.262. The van der Waals surface area contributed by atoms with Crippen LogP contribution in [0.25, 0.3) is 10.4 Å². The van der Waals surface area contributed by atoms with Gasteiger partial charge in [-0.3, -0.25) is 4.79 Å². The Balaban J connectivity index is 2.23. The average molecular weight is 343 g/mol. The highest BCUT2D eigenvalue weighted by molar-refractivity contribution is 9.10. The fourth-order valence-electron chi connectivity index (χ4n) is 1.92. The van der Waals surface area contributed by atoms with Crippen molar-refractivity contribution in [2.45, 2.75) is 6.42 Å². The van der Waals surface area contributed by atoms with E-state index in [0.29, 0.717) is 23.2 Å². The van der Waals surface area contributed by atoms with Crippen LogP contribution < -0.4 is 10.5 Å². The van der Waals surface area contributed by atoms with Gasteiger partial charge in [0.25, 0.3) is 5.91 Å². The Kier molecular flexibility index (Phi) is 3.02. The summed E-state index contributed by atoms with van der Waals surface area (Å²) in [4.78, 5) is 16.2. The zero-order chi connectivity index (χ0) is 13.6. The SMILES string of the molecule is NC(=O)c1nc2c(s1)-c1cc(Br)c(F)cc1OCC2. The summed E-state index contributed by atoms with van der Waals surface area (Å²) in [7, 11) is 0. The Hall–Kier alpha value is -1.47. The number of halogens is 2. The second-order valence-corrected chi connectivity index (χ2v) is 5.87. The number of carbonyl (C=O) groups is 1. The van der Waals surface area contributed by atoms with Crippen molar-refractivity contribution in [1.82, 2.24) is 4.98 Å². The number of carbonyl (C=O) groups excluding carboxylic acids is 1. The van der Waals surface area contributed by atoms with Crippen molar-refractivity contribution < 1.29 is 13.9 Å². The van der Waals surface area contributed by atoms with Gasteiger partial charge in [0.2, 0.25) is 0 Å². The molecule has 1 aliphatic rings. The number of nitrogens with zero attached hydrogens (tertiary/aromatic N) is 1. The van der Waals surface area contributed by atoms with Crippen LogP contribution in [-0.4, -0.2) is 17.5 Å². The van der Waals surface area contributed by atoms with E-state index in [1.165, 1.54) is 17.4 Å². The second-order valence-electron chi connectivity index (χ2n) is 4.02. The predicted molar refractivity (Wildman–Crippen MR) is 72.9 cm³/mol. The Morgan fingerprint density at radius 2 is 2.32 bits per heavy atom. The minimum atomic E-state index is -0.554. The molecule has 7 heteroatoms. The van der Waals surface area contributed by atoms with Crippen molar-refractivity contribution in [3.05, 3.63) is 33.1 Å². The molecule has 2 N–H and O–H groups in total. The molecule has 2 heterocycles. The highest BCUT2D eigenvalue weighted by Gasteiger charge is 2.23. The van der Waals surface area contributed by atoms with Gasteiger partial charge < -0.3 is 10.5 Å². The van der Waals surface area contributed by atoms with E-state index in [9.17, 15) is 9.18 Å². The van der Waals surface area contributed by atoms with Gasteiger partial charge in [0.15, 0.2) is 5.01 Å². The van der Waals surface area contributed by atoms with Crippen LogP contribution in [0, 0.1) is 5.82 Å². The maximum absolute atomic E-state index is 13.5. The first-order valence-electron chi connectivity index (χ1n) is 5.48. The lowest BCUT2D eigenvalue weighted by Crippen LogP contribution is -2.10. The summed E-state index contributed by atoms with van der Waals surface area (Å²) in [6.07, 6.45) is 0.563. The minimum Gasteiger partial charge on any atom is -0.492 e. The molecule has 0 unspecified atom stereocenters. The lowest BCUT2D eigenvalue weighted by Gasteiger charge is -2.07. The van der Waals surface area contributed by atoms with E-state index in [-0.39, 0.29) is 10.8 Å². The van der Waals surface area contributed by atoms with E-state index in [1.807, 2.05) is 0 Å². The molecule has 2 aromatic rings. The van der Waals surface area contributed by atoms with Crippen molar-refractivity contribution in [2.24, 2.45) is 5.73 Å². The van der Waals surface area contributed by atoms with E-state index in [4.69, 9.17) is 10.5 Å². The van der Waals surface area contributed by atoms with Crippen LogP contribution in [0.2, 0.25) is 0 Å². The number of benzene rings is 1. The van der Waals surface area contributed by atoms with E-state index < -0.39 is 5.91 Å². The van der Waals surface area contributed by atoms with E-state index in [2.05, 4.69) is 20.9 Å². The zero-order valence-electron chi connectivity index (χ0n) is 9.57. The summed E-state index contributed by atoms with van der Waals surface area (Å²) in [5.41, 5.74) is 6.74. The summed E-state index contributed by atoms with van der Waals surface area (Å²) < 4.78 is 19.4. The largest absolute Gasteiger partial charge is 0.492 e. The van der Waals surface area contributed by atoms with Gasteiger partial charge in [-0.05, 0) is 22.0 Å². The Bertz CT molecular complexity index is 687. The quantitative estimate of drug-likeness (QED) is 0.866. The molecule has 4 nitrogen and oxygen atoms in total. The Labute approximate surface area is 120 Å². The topological polar surface area (TPSA) is 65.2 Å². The van der Waals surface area contributed by atoms with Gasteiger partial charge in [-0.25, -0.2) is 9.37 Å². The number of thiazole rings is 1. The highest BCUT2D eigenvalue weighted by Crippen LogP contribution is 2.41. The Morgan fingerprint density at radius 1 is 1.53 bits per heavy atom. The molecule has 1 aliphatic heterocycles. The maximum Gasteiger partial charge on any atom is 0.277 e. The monoisotopic (exact) mass is 342 g/mol.